The Morgan fingerprint density at radius 2 is 1.95 bits per heavy atom. The molecule has 0 heterocycles. The Morgan fingerprint density at radius 3 is 2.42 bits per heavy atom. The Kier molecular flexibility index (Phi) is 3.93. The molecule has 102 valence electrons. The van der Waals surface area contributed by atoms with Crippen LogP contribution in [0, 0.1) is 17.2 Å². The van der Waals surface area contributed by atoms with E-state index in [9.17, 15) is 8.42 Å². The van der Waals surface area contributed by atoms with E-state index < -0.39 is 10.0 Å². The maximum Gasteiger partial charge on any atom is 0.218 e. The van der Waals surface area contributed by atoms with Gasteiger partial charge in [0.05, 0.1) is 17.4 Å². The minimum Gasteiger partial charge on any atom is -0.212 e. The van der Waals surface area contributed by atoms with Gasteiger partial charge < -0.3 is 0 Å². The van der Waals surface area contributed by atoms with Crippen LogP contribution in [0.4, 0.5) is 0 Å². The Balaban J connectivity index is 2.09. The molecule has 19 heavy (non-hydrogen) atoms. The van der Waals surface area contributed by atoms with Crippen LogP contribution in [0.2, 0.25) is 0 Å². The highest BCUT2D eigenvalue weighted by molar-refractivity contribution is 7.88. The van der Waals surface area contributed by atoms with Crippen LogP contribution in [0.1, 0.15) is 30.9 Å². The van der Waals surface area contributed by atoms with E-state index in [-0.39, 0.29) is 11.8 Å². The van der Waals surface area contributed by atoms with Gasteiger partial charge in [-0.2, -0.15) is 5.26 Å². The fourth-order valence-corrected chi connectivity index (χ4v) is 3.61. The summed E-state index contributed by atoms with van der Waals surface area (Å²) in [6, 6.07) is 8.79. The summed E-state index contributed by atoms with van der Waals surface area (Å²) in [5.41, 5.74) is 1.26. The maximum atomic E-state index is 12.3. The summed E-state index contributed by atoms with van der Waals surface area (Å²) < 4.78 is 26.1. The van der Waals surface area contributed by atoms with Crippen molar-refractivity contribution in [3.63, 3.8) is 0 Å². The lowest BCUT2D eigenvalue weighted by atomic mass is 10.2. The first-order valence-corrected chi connectivity index (χ1v) is 7.99. The first-order chi connectivity index (χ1) is 8.94. The van der Waals surface area contributed by atoms with Gasteiger partial charge in [0.15, 0.2) is 0 Å². The van der Waals surface area contributed by atoms with Crippen molar-refractivity contribution in [2.24, 2.45) is 5.92 Å². The van der Waals surface area contributed by atoms with Gasteiger partial charge in [0.1, 0.15) is 0 Å². The van der Waals surface area contributed by atoms with Gasteiger partial charge in [0.2, 0.25) is 10.0 Å². The Hall–Kier alpha value is -1.38. The maximum absolute atomic E-state index is 12.3. The minimum atomic E-state index is -3.29. The number of nitrogens with zero attached hydrogens (tertiary/aromatic N) is 2. The lowest BCUT2D eigenvalue weighted by Gasteiger charge is -2.24. The zero-order valence-electron chi connectivity index (χ0n) is 11.2. The molecule has 0 saturated heterocycles. The molecule has 1 atom stereocenters. The van der Waals surface area contributed by atoms with E-state index in [4.69, 9.17) is 5.26 Å². The SMILES string of the molecule is CC(C1CC1)N(C)S(=O)(=O)Cc1ccc(C#N)cc1. The number of sulfonamides is 1. The predicted octanol–water partition coefficient (Wildman–Crippen LogP) is 2.12. The van der Waals surface area contributed by atoms with E-state index in [0.29, 0.717) is 17.0 Å². The van der Waals surface area contributed by atoms with E-state index in [1.165, 1.54) is 4.31 Å². The third kappa shape index (κ3) is 3.34. The molecule has 0 radical (unpaired) electrons. The third-order valence-electron chi connectivity index (χ3n) is 3.75. The van der Waals surface area contributed by atoms with Crippen molar-refractivity contribution in [3.8, 4) is 6.07 Å². The van der Waals surface area contributed by atoms with Gasteiger partial charge in [-0.05, 0) is 43.4 Å². The molecule has 1 saturated carbocycles. The van der Waals surface area contributed by atoms with Gasteiger partial charge in [-0.1, -0.05) is 12.1 Å². The first-order valence-electron chi connectivity index (χ1n) is 6.39. The molecule has 4 nitrogen and oxygen atoms in total. The highest BCUT2D eigenvalue weighted by Crippen LogP contribution is 2.35. The lowest BCUT2D eigenvalue weighted by Crippen LogP contribution is -2.37. The van der Waals surface area contributed by atoms with Crippen molar-refractivity contribution < 1.29 is 8.42 Å². The summed E-state index contributed by atoms with van der Waals surface area (Å²) >= 11 is 0. The van der Waals surface area contributed by atoms with Crippen LogP contribution < -0.4 is 0 Å². The molecule has 0 amide bonds. The fraction of sp³-hybridized carbons (Fsp3) is 0.500. The average Bonchev–Trinajstić information content (AvgIpc) is 3.22. The van der Waals surface area contributed by atoms with Gasteiger partial charge in [-0.15, -0.1) is 0 Å². The second kappa shape index (κ2) is 5.32. The summed E-state index contributed by atoms with van der Waals surface area (Å²) in [6.45, 7) is 1.97. The number of hydrogen-bond acceptors (Lipinski definition) is 3. The molecule has 1 aromatic carbocycles. The summed E-state index contributed by atoms with van der Waals surface area (Å²) in [7, 11) is -1.63. The van der Waals surface area contributed by atoms with Gasteiger partial charge in [0, 0.05) is 13.1 Å². The number of benzene rings is 1. The highest BCUT2D eigenvalue weighted by atomic mass is 32.2. The Bertz CT molecular complexity index is 583. The van der Waals surface area contributed by atoms with E-state index in [2.05, 4.69) is 0 Å². The average molecular weight is 278 g/mol. The van der Waals surface area contributed by atoms with Gasteiger partial charge in [-0.25, -0.2) is 12.7 Å². The summed E-state index contributed by atoms with van der Waals surface area (Å²) in [6.07, 6.45) is 2.25. The molecular weight excluding hydrogens is 260 g/mol. The largest absolute Gasteiger partial charge is 0.218 e. The summed E-state index contributed by atoms with van der Waals surface area (Å²) in [4.78, 5) is 0. The van der Waals surface area contributed by atoms with Crippen molar-refractivity contribution in [1.29, 1.82) is 5.26 Å². The topological polar surface area (TPSA) is 61.2 Å². The molecule has 1 aromatic rings. The van der Waals surface area contributed by atoms with E-state index in [0.717, 1.165) is 12.8 Å². The standard InChI is InChI=1S/C14H18N2O2S/c1-11(14-7-8-14)16(2)19(17,18)10-13-5-3-12(9-15)4-6-13/h3-6,11,14H,7-8,10H2,1-2H3. The summed E-state index contributed by atoms with van der Waals surface area (Å²) in [5.74, 6) is 0.507. The van der Waals surface area contributed by atoms with Crippen molar-refractivity contribution in [2.75, 3.05) is 7.05 Å². The molecule has 1 unspecified atom stereocenters. The molecule has 0 aromatic heterocycles. The molecule has 1 fully saturated rings. The monoisotopic (exact) mass is 278 g/mol. The molecule has 0 bridgehead atoms. The zero-order chi connectivity index (χ0) is 14.0. The van der Waals surface area contributed by atoms with Crippen LogP contribution in [0.3, 0.4) is 0 Å². The van der Waals surface area contributed by atoms with Crippen LogP contribution >= 0.6 is 0 Å². The molecule has 2 rings (SSSR count). The van der Waals surface area contributed by atoms with E-state index in [1.54, 1.807) is 31.3 Å². The zero-order valence-corrected chi connectivity index (χ0v) is 12.0. The molecule has 5 heteroatoms. The summed E-state index contributed by atoms with van der Waals surface area (Å²) in [5, 5.41) is 8.71. The number of hydrogen-bond donors (Lipinski definition) is 0. The van der Waals surface area contributed by atoms with E-state index in [1.807, 2.05) is 13.0 Å². The predicted molar refractivity (Wildman–Crippen MR) is 73.7 cm³/mol. The van der Waals surface area contributed by atoms with Crippen LogP contribution in [-0.4, -0.2) is 25.8 Å². The van der Waals surface area contributed by atoms with Crippen LogP contribution in [0.25, 0.3) is 0 Å². The van der Waals surface area contributed by atoms with Crippen LogP contribution in [0.15, 0.2) is 24.3 Å². The number of rotatable bonds is 5. The molecular formula is C14H18N2O2S. The molecule has 0 spiro atoms. The van der Waals surface area contributed by atoms with Crippen molar-refractivity contribution in [1.82, 2.24) is 4.31 Å². The third-order valence-corrected chi connectivity index (χ3v) is 5.66. The second-order valence-electron chi connectivity index (χ2n) is 5.16. The Labute approximate surface area is 114 Å². The molecule has 0 N–H and O–H groups in total. The molecule has 0 aliphatic heterocycles. The van der Waals surface area contributed by atoms with Gasteiger partial charge in [-0.3, -0.25) is 0 Å². The Morgan fingerprint density at radius 1 is 1.37 bits per heavy atom. The molecule has 1 aliphatic rings. The van der Waals surface area contributed by atoms with Gasteiger partial charge >= 0.3 is 0 Å². The van der Waals surface area contributed by atoms with Crippen LogP contribution in [0.5, 0.6) is 0 Å². The van der Waals surface area contributed by atoms with E-state index >= 15 is 0 Å². The quantitative estimate of drug-likeness (QED) is 0.829. The van der Waals surface area contributed by atoms with Crippen molar-refractivity contribution in [3.05, 3.63) is 35.4 Å². The van der Waals surface area contributed by atoms with Crippen molar-refractivity contribution in [2.45, 2.75) is 31.6 Å². The fourth-order valence-electron chi connectivity index (χ4n) is 2.12. The lowest BCUT2D eigenvalue weighted by molar-refractivity contribution is 0.356. The normalized spacial score (nSPS) is 17.2. The minimum absolute atomic E-state index is 0.00767. The second-order valence-corrected chi connectivity index (χ2v) is 7.19. The van der Waals surface area contributed by atoms with Gasteiger partial charge in [0.25, 0.3) is 0 Å². The highest BCUT2D eigenvalue weighted by Gasteiger charge is 2.35. The van der Waals surface area contributed by atoms with Crippen molar-refractivity contribution >= 4 is 10.0 Å². The smallest absolute Gasteiger partial charge is 0.212 e. The van der Waals surface area contributed by atoms with Crippen LogP contribution in [-0.2, 0) is 15.8 Å². The first kappa shape index (κ1) is 14.0. The number of nitriles is 1. The molecule has 1 aliphatic carbocycles.